The van der Waals surface area contributed by atoms with Crippen LogP contribution in [-0.2, 0) is 13.1 Å². The average Bonchev–Trinajstić information content (AvgIpc) is 2.99. The fraction of sp³-hybridized carbons (Fsp3) is 0.550. The Morgan fingerprint density at radius 1 is 1.29 bits per heavy atom. The molecular weight excluding hydrogens is 483 g/mol. The third kappa shape index (κ3) is 6.97. The molecule has 1 fully saturated rings. The summed E-state index contributed by atoms with van der Waals surface area (Å²) in [6.45, 7) is 10.9. The van der Waals surface area contributed by atoms with Crippen LogP contribution in [0.4, 0.5) is 0 Å². The van der Waals surface area contributed by atoms with Gasteiger partial charge in [0.1, 0.15) is 0 Å². The Balaban J connectivity index is 0.00000280. The molecule has 28 heavy (non-hydrogen) atoms. The number of aliphatic imine (C=N–C) groups is 1. The van der Waals surface area contributed by atoms with Crippen molar-refractivity contribution in [2.45, 2.75) is 52.7 Å². The Bertz CT molecular complexity index is 740. The molecule has 1 aliphatic heterocycles. The molecule has 0 bridgehead atoms. The molecule has 0 aliphatic carbocycles. The molecular formula is C20H31IN6S. The van der Waals surface area contributed by atoms with Crippen LogP contribution in [0.25, 0.3) is 0 Å². The number of nitrogens with one attached hydrogen (secondary N) is 2. The molecule has 154 valence electrons. The Labute approximate surface area is 189 Å². The molecule has 1 aliphatic rings. The topological polar surface area (TPSA) is 65.4 Å². The van der Waals surface area contributed by atoms with Gasteiger partial charge in [-0.15, -0.1) is 35.3 Å². The first kappa shape index (κ1) is 23.0. The number of hydrogen-bond acceptors (Lipinski definition) is 5. The minimum absolute atomic E-state index is 0. The molecule has 0 spiro atoms. The zero-order chi connectivity index (χ0) is 19.1. The van der Waals surface area contributed by atoms with Crippen LogP contribution in [0.2, 0.25) is 0 Å². The van der Waals surface area contributed by atoms with Crippen molar-refractivity contribution in [3.05, 3.63) is 45.7 Å². The van der Waals surface area contributed by atoms with E-state index in [4.69, 9.17) is 4.99 Å². The number of aryl methyl sites for hydroxylation is 2. The third-order valence-corrected chi connectivity index (χ3v) is 5.82. The molecule has 8 heteroatoms. The summed E-state index contributed by atoms with van der Waals surface area (Å²) < 4.78 is 0. The first-order valence-corrected chi connectivity index (χ1v) is 10.6. The van der Waals surface area contributed by atoms with Gasteiger partial charge >= 0.3 is 0 Å². The smallest absolute Gasteiger partial charge is 0.191 e. The molecule has 2 aromatic heterocycles. The van der Waals surface area contributed by atoms with E-state index in [1.807, 2.05) is 19.2 Å². The van der Waals surface area contributed by atoms with Crippen molar-refractivity contribution in [2.24, 2.45) is 4.99 Å². The molecule has 6 nitrogen and oxygen atoms in total. The van der Waals surface area contributed by atoms with Gasteiger partial charge in [-0.1, -0.05) is 6.07 Å². The highest BCUT2D eigenvalue weighted by atomic mass is 127. The number of guanidine groups is 1. The lowest BCUT2D eigenvalue weighted by atomic mass is 10.0. The summed E-state index contributed by atoms with van der Waals surface area (Å²) in [4.78, 5) is 17.4. The first-order chi connectivity index (χ1) is 13.1. The van der Waals surface area contributed by atoms with Crippen molar-refractivity contribution in [3.8, 4) is 0 Å². The normalized spacial score (nSPS) is 15.9. The number of hydrogen-bond donors (Lipinski definition) is 2. The standard InChI is InChI=1S/C20H30N6S.HI/c1-4-21-20(23-13-19-15(2)24-16(3)27-19)25-17-8-11-26(12-9-17)14-18-7-5-6-10-22-18;/h5-7,10,17H,4,8-9,11-14H2,1-3H3,(H2,21,23,25);1H. The highest BCUT2D eigenvalue weighted by Crippen LogP contribution is 2.18. The Kier molecular flexibility index (Phi) is 9.60. The summed E-state index contributed by atoms with van der Waals surface area (Å²) in [5.41, 5.74) is 2.24. The van der Waals surface area contributed by atoms with E-state index in [2.05, 4.69) is 51.5 Å². The van der Waals surface area contributed by atoms with E-state index in [-0.39, 0.29) is 24.0 Å². The van der Waals surface area contributed by atoms with Crippen LogP contribution in [0, 0.1) is 13.8 Å². The number of likely N-dealkylation sites (tertiary alicyclic amines) is 1. The van der Waals surface area contributed by atoms with Crippen molar-refractivity contribution >= 4 is 41.3 Å². The molecule has 2 N–H and O–H groups in total. The SMILES string of the molecule is CCNC(=NCc1sc(C)nc1C)NC1CCN(Cc2ccccn2)CC1.I. The summed E-state index contributed by atoms with van der Waals surface area (Å²) >= 11 is 1.74. The maximum absolute atomic E-state index is 4.78. The summed E-state index contributed by atoms with van der Waals surface area (Å²) in [6, 6.07) is 6.59. The second-order valence-corrected chi connectivity index (χ2v) is 8.24. The minimum atomic E-state index is 0. The van der Waals surface area contributed by atoms with Gasteiger partial charge in [0.25, 0.3) is 0 Å². The third-order valence-electron chi connectivity index (χ3n) is 4.76. The lowest BCUT2D eigenvalue weighted by Gasteiger charge is -2.32. The van der Waals surface area contributed by atoms with Crippen molar-refractivity contribution in [1.82, 2.24) is 25.5 Å². The van der Waals surface area contributed by atoms with E-state index >= 15 is 0 Å². The number of thiazole rings is 1. The number of nitrogens with zero attached hydrogens (tertiary/aromatic N) is 4. The molecule has 0 saturated carbocycles. The molecule has 0 aromatic carbocycles. The Hall–Kier alpha value is -1.26. The average molecular weight is 514 g/mol. The summed E-state index contributed by atoms with van der Waals surface area (Å²) in [5, 5.41) is 8.10. The molecule has 1 saturated heterocycles. The van der Waals surface area contributed by atoms with Crippen LogP contribution in [0.5, 0.6) is 0 Å². The van der Waals surface area contributed by atoms with Crippen LogP contribution in [0.3, 0.4) is 0 Å². The molecule has 2 aromatic rings. The van der Waals surface area contributed by atoms with E-state index in [0.717, 1.165) is 61.4 Å². The van der Waals surface area contributed by atoms with Gasteiger partial charge in [-0.2, -0.15) is 0 Å². The maximum Gasteiger partial charge on any atom is 0.191 e. The number of rotatable bonds is 6. The van der Waals surface area contributed by atoms with Crippen LogP contribution < -0.4 is 10.6 Å². The monoisotopic (exact) mass is 514 g/mol. The van der Waals surface area contributed by atoms with Crippen LogP contribution in [-0.4, -0.2) is 46.5 Å². The Morgan fingerprint density at radius 3 is 2.68 bits per heavy atom. The van der Waals surface area contributed by atoms with Crippen molar-refractivity contribution in [2.75, 3.05) is 19.6 Å². The van der Waals surface area contributed by atoms with Gasteiger partial charge in [0.2, 0.25) is 0 Å². The molecule has 0 unspecified atom stereocenters. The lowest BCUT2D eigenvalue weighted by Crippen LogP contribution is -2.48. The number of aromatic nitrogens is 2. The fourth-order valence-corrected chi connectivity index (χ4v) is 4.20. The van der Waals surface area contributed by atoms with Gasteiger partial charge in [-0.05, 0) is 45.7 Å². The lowest BCUT2D eigenvalue weighted by molar-refractivity contribution is 0.196. The number of pyridine rings is 1. The molecule has 0 amide bonds. The zero-order valence-corrected chi connectivity index (χ0v) is 20.1. The second kappa shape index (κ2) is 11.7. The van der Waals surface area contributed by atoms with Crippen molar-refractivity contribution < 1.29 is 0 Å². The predicted octanol–water partition coefficient (Wildman–Crippen LogP) is 3.49. The van der Waals surface area contributed by atoms with Crippen LogP contribution in [0.1, 0.15) is 41.0 Å². The summed E-state index contributed by atoms with van der Waals surface area (Å²) in [5.74, 6) is 0.908. The fourth-order valence-electron chi connectivity index (χ4n) is 3.34. The Morgan fingerprint density at radius 2 is 2.07 bits per heavy atom. The predicted molar refractivity (Wildman–Crippen MR) is 127 cm³/mol. The van der Waals surface area contributed by atoms with E-state index in [1.54, 1.807) is 11.3 Å². The van der Waals surface area contributed by atoms with Gasteiger partial charge in [0.05, 0.1) is 22.9 Å². The maximum atomic E-state index is 4.78. The minimum Gasteiger partial charge on any atom is -0.357 e. The highest BCUT2D eigenvalue weighted by molar-refractivity contribution is 14.0. The summed E-state index contributed by atoms with van der Waals surface area (Å²) in [7, 11) is 0. The molecule has 3 heterocycles. The second-order valence-electron chi connectivity index (χ2n) is 6.95. The zero-order valence-electron chi connectivity index (χ0n) is 16.9. The van der Waals surface area contributed by atoms with Gasteiger partial charge < -0.3 is 10.6 Å². The van der Waals surface area contributed by atoms with E-state index in [1.165, 1.54) is 4.88 Å². The molecule has 3 rings (SSSR count). The van der Waals surface area contributed by atoms with E-state index < -0.39 is 0 Å². The van der Waals surface area contributed by atoms with E-state index in [9.17, 15) is 0 Å². The first-order valence-electron chi connectivity index (χ1n) is 9.74. The summed E-state index contributed by atoms with van der Waals surface area (Å²) in [6.07, 6.45) is 4.11. The van der Waals surface area contributed by atoms with Gasteiger partial charge in [-0.3, -0.25) is 9.88 Å². The largest absolute Gasteiger partial charge is 0.357 e. The van der Waals surface area contributed by atoms with Crippen molar-refractivity contribution in [3.63, 3.8) is 0 Å². The quantitative estimate of drug-likeness (QED) is 0.351. The molecule has 0 atom stereocenters. The highest BCUT2D eigenvalue weighted by Gasteiger charge is 2.20. The van der Waals surface area contributed by atoms with Gasteiger partial charge in [0.15, 0.2) is 5.96 Å². The van der Waals surface area contributed by atoms with Gasteiger partial charge in [-0.25, -0.2) is 9.98 Å². The van der Waals surface area contributed by atoms with Crippen molar-refractivity contribution in [1.29, 1.82) is 0 Å². The number of halogens is 1. The number of piperidine rings is 1. The van der Waals surface area contributed by atoms with E-state index in [0.29, 0.717) is 12.6 Å². The van der Waals surface area contributed by atoms with Crippen LogP contribution in [0.15, 0.2) is 29.4 Å². The molecule has 0 radical (unpaired) electrons. The van der Waals surface area contributed by atoms with Crippen LogP contribution >= 0.6 is 35.3 Å². The van der Waals surface area contributed by atoms with Gasteiger partial charge in [0, 0.05) is 43.3 Å².